The number of aliphatic hydroxyl groups excluding tert-OH is 1. The molecule has 146 valence electrons. The van der Waals surface area contributed by atoms with Gasteiger partial charge in [-0.05, 0) is 49.2 Å². The number of aromatic nitrogens is 1. The molecule has 0 bridgehead atoms. The van der Waals surface area contributed by atoms with Crippen molar-refractivity contribution in [1.29, 1.82) is 0 Å². The zero-order valence-electron chi connectivity index (χ0n) is 16.6. The predicted molar refractivity (Wildman–Crippen MR) is 112 cm³/mol. The van der Waals surface area contributed by atoms with E-state index in [9.17, 15) is 5.11 Å². The maximum atomic E-state index is 9.92. The number of fused-ring (bicyclic) bond motifs is 1. The summed E-state index contributed by atoms with van der Waals surface area (Å²) in [5, 5.41) is 11.0. The maximum absolute atomic E-state index is 9.92. The van der Waals surface area contributed by atoms with Gasteiger partial charge in [0.1, 0.15) is 17.3 Å². The van der Waals surface area contributed by atoms with E-state index in [1.165, 1.54) is 5.56 Å². The molecule has 0 saturated carbocycles. The monoisotopic (exact) mass is 378 g/mol. The number of aliphatic hydroxyl groups is 1. The van der Waals surface area contributed by atoms with Crippen LogP contribution in [0.4, 0.5) is 5.82 Å². The van der Waals surface area contributed by atoms with Gasteiger partial charge in [0.15, 0.2) is 0 Å². The van der Waals surface area contributed by atoms with E-state index >= 15 is 0 Å². The highest BCUT2D eigenvalue weighted by Gasteiger charge is 2.29. The molecule has 0 radical (unpaired) electrons. The molecule has 0 amide bonds. The molecule has 1 N–H and O–H groups in total. The summed E-state index contributed by atoms with van der Waals surface area (Å²) < 4.78 is 11.0. The summed E-state index contributed by atoms with van der Waals surface area (Å²) >= 11 is 0. The minimum absolute atomic E-state index is 0.0181. The molecule has 1 saturated heterocycles. The lowest BCUT2D eigenvalue weighted by molar-refractivity contribution is 0.282. The first-order valence-corrected chi connectivity index (χ1v) is 9.61. The highest BCUT2D eigenvalue weighted by atomic mass is 16.5. The Balaban J connectivity index is 1.67. The molecule has 1 aromatic heterocycles. The number of nitrogens with zero attached hydrogens (tertiary/aromatic N) is 2. The molecule has 2 heterocycles. The highest BCUT2D eigenvalue weighted by molar-refractivity contribution is 5.82. The fourth-order valence-electron chi connectivity index (χ4n) is 4.07. The quantitative estimate of drug-likeness (QED) is 0.726. The number of hydrogen-bond acceptors (Lipinski definition) is 5. The summed E-state index contributed by atoms with van der Waals surface area (Å²) in [6.07, 6.45) is 1.00. The zero-order chi connectivity index (χ0) is 19.7. The van der Waals surface area contributed by atoms with Crippen molar-refractivity contribution >= 4 is 16.7 Å². The van der Waals surface area contributed by atoms with E-state index in [0.29, 0.717) is 5.92 Å². The first-order chi connectivity index (χ1) is 13.6. The summed E-state index contributed by atoms with van der Waals surface area (Å²) in [6, 6.07) is 14.2. The maximum Gasteiger partial charge on any atom is 0.134 e. The molecule has 3 aromatic rings. The van der Waals surface area contributed by atoms with E-state index in [4.69, 9.17) is 14.5 Å². The fraction of sp³-hybridized carbons (Fsp3) is 0.348. The lowest BCUT2D eigenvalue weighted by Gasteiger charge is -2.22. The van der Waals surface area contributed by atoms with Crippen LogP contribution in [-0.4, -0.2) is 37.4 Å². The van der Waals surface area contributed by atoms with E-state index in [-0.39, 0.29) is 6.61 Å². The lowest BCUT2D eigenvalue weighted by Crippen LogP contribution is -2.22. The first-order valence-electron chi connectivity index (χ1n) is 9.61. The van der Waals surface area contributed by atoms with Gasteiger partial charge >= 0.3 is 0 Å². The molecule has 1 aliphatic rings. The molecule has 0 spiro atoms. The summed E-state index contributed by atoms with van der Waals surface area (Å²) in [6.45, 7) is 3.78. The molecule has 28 heavy (non-hydrogen) atoms. The van der Waals surface area contributed by atoms with Crippen molar-refractivity contribution in [2.24, 2.45) is 0 Å². The van der Waals surface area contributed by atoms with Gasteiger partial charge < -0.3 is 19.5 Å². The molecule has 0 aliphatic carbocycles. The number of pyridine rings is 1. The summed E-state index contributed by atoms with van der Waals surface area (Å²) in [7, 11) is 3.39. The van der Waals surface area contributed by atoms with Gasteiger partial charge in [0, 0.05) is 35.5 Å². The van der Waals surface area contributed by atoms with Crippen LogP contribution in [0, 0.1) is 6.92 Å². The smallest absolute Gasteiger partial charge is 0.134 e. The van der Waals surface area contributed by atoms with Gasteiger partial charge in [0.05, 0.1) is 26.3 Å². The van der Waals surface area contributed by atoms with E-state index in [2.05, 4.69) is 42.2 Å². The normalized spacial score (nSPS) is 16.6. The van der Waals surface area contributed by atoms with Crippen molar-refractivity contribution in [1.82, 2.24) is 4.98 Å². The molecule has 1 aliphatic heterocycles. The van der Waals surface area contributed by atoms with Gasteiger partial charge in [0.25, 0.3) is 0 Å². The average Bonchev–Trinajstić information content (AvgIpc) is 3.22. The summed E-state index contributed by atoms with van der Waals surface area (Å²) in [5.74, 6) is 2.93. The summed E-state index contributed by atoms with van der Waals surface area (Å²) in [5.41, 5.74) is 4.18. The van der Waals surface area contributed by atoms with Crippen molar-refractivity contribution in [2.45, 2.75) is 25.9 Å². The SMILES string of the molecule is COc1ccc(OC)c([C@@H]2CCN(c3nc4cc(C)ccc4cc3CO)C2)c1. The number of anilines is 1. The van der Waals surface area contributed by atoms with Crippen molar-refractivity contribution < 1.29 is 14.6 Å². The Morgan fingerprint density at radius 3 is 2.71 bits per heavy atom. The van der Waals surface area contributed by atoms with Crippen LogP contribution in [0.1, 0.15) is 29.0 Å². The fourth-order valence-corrected chi connectivity index (χ4v) is 4.07. The highest BCUT2D eigenvalue weighted by Crippen LogP contribution is 2.38. The lowest BCUT2D eigenvalue weighted by atomic mass is 9.97. The molecule has 5 nitrogen and oxygen atoms in total. The van der Waals surface area contributed by atoms with Crippen LogP contribution in [0.3, 0.4) is 0 Å². The number of benzene rings is 2. The second-order valence-electron chi connectivity index (χ2n) is 7.36. The third-order valence-corrected chi connectivity index (χ3v) is 5.56. The second kappa shape index (κ2) is 7.68. The second-order valence-corrected chi connectivity index (χ2v) is 7.36. The van der Waals surface area contributed by atoms with Crippen molar-refractivity contribution in [3.63, 3.8) is 0 Å². The Kier molecular flexibility index (Phi) is 5.09. The number of ether oxygens (including phenoxy) is 2. The average molecular weight is 378 g/mol. The Labute approximate surface area is 165 Å². The van der Waals surface area contributed by atoms with Gasteiger partial charge in [0.2, 0.25) is 0 Å². The largest absolute Gasteiger partial charge is 0.497 e. The van der Waals surface area contributed by atoms with Gasteiger partial charge in [-0.2, -0.15) is 0 Å². The molecule has 1 atom stereocenters. The topological polar surface area (TPSA) is 54.8 Å². The molecular weight excluding hydrogens is 352 g/mol. The third kappa shape index (κ3) is 3.38. The van der Waals surface area contributed by atoms with Crippen LogP contribution >= 0.6 is 0 Å². The van der Waals surface area contributed by atoms with Crippen LogP contribution in [-0.2, 0) is 6.61 Å². The minimum atomic E-state index is -0.0181. The predicted octanol–water partition coefficient (Wildman–Crippen LogP) is 4.05. The van der Waals surface area contributed by atoms with E-state index in [0.717, 1.165) is 58.9 Å². The standard InChI is InChI=1S/C23H26N2O3/c1-15-4-5-16-11-18(14-26)23(24-21(16)10-15)25-9-8-17(13-25)20-12-19(27-2)6-7-22(20)28-3/h4-7,10-12,17,26H,8-9,13-14H2,1-3H3/t17-/m1/s1. The van der Waals surface area contributed by atoms with Crippen molar-refractivity contribution in [2.75, 3.05) is 32.2 Å². The van der Waals surface area contributed by atoms with Crippen molar-refractivity contribution in [3.05, 3.63) is 59.2 Å². The van der Waals surface area contributed by atoms with Gasteiger partial charge in [-0.25, -0.2) is 4.98 Å². The molecule has 4 rings (SSSR count). The zero-order valence-corrected chi connectivity index (χ0v) is 16.6. The number of methoxy groups -OCH3 is 2. The van der Waals surface area contributed by atoms with Gasteiger partial charge in [-0.15, -0.1) is 0 Å². The van der Waals surface area contributed by atoms with E-state index in [1.807, 2.05) is 12.1 Å². The molecule has 5 heteroatoms. The Morgan fingerprint density at radius 2 is 1.96 bits per heavy atom. The number of rotatable bonds is 5. The van der Waals surface area contributed by atoms with Crippen LogP contribution in [0.25, 0.3) is 10.9 Å². The van der Waals surface area contributed by atoms with E-state index < -0.39 is 0 Å². The van der Waals surface area contributed by atoms with Crippen molar-refractivity contribution in [3.8, 4) is 11.5 Å². The molecule has 0 unspecified atom stereocenters. The molecular formula is C23H26N2O3. The van der Waals surface area contributed by atoms with Crippen LogP contribution < -0.4 is 14.4 Å². The van der Waals surface area contributed by atoms with E-state index in [1.54, 1.807) is 14.2 Å². The number of aryl methyl sites for hydroxylation is 1. The Hall–Kier alpha value is -2.79. The summed E-state index contributed by atoms with van der Waals surface area (Å²) in [4.78, 5) is 7.18. The third-order valence-electron chi connectivity index (χ3n) is 5.56. The van der Waals surface area contributed by atoms with Crippen LogP contribution in [0.2, 0.25) is 0 Å². The molecule has 1 fully saturated rings. The minimum Gasteiger partial charge on any atom is -0.497 e. The first kappa shape index (κ1) is 18.6. The van der Waals surface area contributed by atoms with Crippen LogP contribution in [0.15, 0.2) is 42.5 Å². The van der Waals surface area contributed by atoms with Gasteiger partial charge in [-0.1, -0.05) is 12.1 Å². The molecule has 2 aromatic carbocycles. The Morgan fingerprint density at radius 1 is 1.11 bits per heavy atom. The number of hydrogen-bond donors (Lipinski definition) is 1. The van der Waals surface area contributed by atoms with Gasteiger partial charge in [-0.3, -0.25) is 0 Å². The van der Waals surface area contributed by atoms with Crippen LogP contribution in [0.5, 0.6) is 11.5 Å². The Bertz CT molecular complexity index is 1000.